The Kier molecular flexibility index (Phi) is 5.22. The largest absolute Gasteiger partial charge is 0.310 e. The summed E-state index contributed by atoms with van der Waals surface area (Å²) in [4.78, 5) is 2.40. The molecular weight excluding hydrogens is 470 g/mol. The van der Waals surface area contributed by atoms with Gasteiger partial charge in [0.15, 0.2) is 0 Å². The van der Waals surface area contributed by atoms with Crippen LogP contribution in [0.25, 0.3) is 32.7 Å². The Balaban J connectivity index is 1.48. The second-order valence-corrected chi connectivity index (χ2v) is 11.9. The summed E-state index contributed by atoms with van der Waals surface area (Å²) in [5.41, 5.74) is 8.77. The van der Waals surface area contributed by atoms with E-state index in [2.05, 4.69) is 160 Å². The predicted molar refractivity (Wildman–Crippen MR) is 168 cm³/mol. The fraction of sp³-hybridized carbons (Fsp3) is 0.158. The molecule has 190 valence electrons. The lowest BCUT2D eigenvalue weighted by molar-refractivity contribution is 0.304. The van der Waals surface area contributed by atoms with E-state index in [1.165, 1.54) is 49.5 Å². The van der Waals surface area contributed by atoms with Crippen LogP contribution in [0.3, 0.4) is 0 Å². The molecule has 0 spiro atoms. The van der Waals surface area contributed by atoms with Gasteiger partial charge in [0.05, 0.1) is 0 Å². The van der Waals surface area contributed by atoms with Crippen molar-refractivity contribution in [2.45, 2.75) is 38.5 Å². The van der Waals surface area contributed by atoms with E-state index in [0.717, 1.165) is 11.4 Å². The van der Waals surface area contributed by atoms with E-state index in [1.54, 1.807) is 0 Å². The number of benzene rings is 6. The molecule has 0 heterocycles. The number of hydrogen-bond donors (Lipinski definition) is 0. The average Bonchev–Trinajstić information content (AvgIpc) is 2.97. The minimum atomic E-state index is -0.0522. The molecular formula is C38H33N. The van der Waals surface area contributed by atoms with Crippen molar-refractivity contribution in [3.8, 4) is 11.1 Å². The number of para-hydroxylation sites is 1. The highest BCUT2D eigenvalue weighted by molar-refractivity contribution is 6.14. The standard InChI is InChI=1S/C38H33N/c1-37(2)33-17-11-14-28-18-19-29-24-32(25-34(38(37,3)4)36(29)35(28)33)39(30-15-9-6-10-16-30)31-22-20-27(21-23-31)26-12-7-5-8-13-26/h5-25H,1-4H3. The average molecular weight is 504 g/mol. The van der Waals surface area contributed by atoms with Crippen LogP contribution < -0.4 is 4.90 Å². The van der Waals surface area contributed by atoms with Crippen molar-refractivity contribution in [3.63, 3.8) is 0 Å². The molecule has 0 bridgehead atoms. The molecule has 0 N–H and O–H groups in total. The summed E-state index contributed by atoms with van der Waals surface area (Å²) in [5, 5.41) is 5.45. The van der Waals surface area contributed by atoms with Crippen LogP contribution in [0.1, 0.15) is 38.8 Å². The van der Waals surface area contributed by atoms with Crippen LogP contribution in [0.5, 0.6) is 0 Å². The van der Waals surface area contributed by atoms with Crippen molar-refractivity contribution in [1.29, 1.82) is 0 Å². The molecule has 0 radical (unpaired) electrons. The summed E-state index contributed by atoms with van der Waals surface area (Å²) in [6, 6.07) is 46.6. The van der Waals surface area contributed by atoms with Crippen molar-refractivity contribution in [3.05, 3.63) is 139 Å². The Morgan fingerprint density at radius 2 is 0.974 bits per heavy atom. The molecule has 1 aliphatic rings. The van der Waals surface area contributed by atoms with Crippen molar-refractivity contribution < 1.29 is 0 Å². The van der Waals surface area contributed by atoms with Gasteiger partial charge in [-0.25, -0.2) is 0 Å². The molecule has 1 heteroatoms. The summed E-state index contributed by atoms with van der Waals surface area (Å²) >= 11 is 0. The smallest absolute Gasteiger partial charge is 0.0470 e. The minimum Gasteiger partial charge on any atom is -0.310 e. The number of rotatable bonds is 4. The third-order valence-electron chi connectivity index (χ3n) is 9.36. The summed E-state index contributed by atoms with van der Waals surface area (Å²) in [6.45, 7) is 9.66. The number of anilines is 3. The highest BCUT2D eigenvalue weighted by Crippen LogP contribution is 2.55. The molecule has 6 aromatic rings. The highest BCUT2D eigenvalue weighted by atomic mass is 15.1. The van der Waals surface area contributed by atoms with E-state index in [-0.39, 0.29) is 10.8 Å². The van der Waals surface area contributed by atoms with Gasteiger partial charge >= 0.3 is 0 Å². The van der Waals surface area contributed by atoms with Crippen LogP contribution in [-0.4, -0.2) is 0 Å². The molecule has 0 amide bonds. The summed E-state index contributed by atoms with van der Waals surface area (Å²) in [7, 11) is 0. The van der Waals surface area contributed by atoms with E-state index >= 15 is 0 Å². The first-order chi connectivity index (χ1) is 18.9. The van der Waals surface area contributed by atoms with E-state index in [4.69, 9.17) is 0 Å². The zero-order valence-electron chi connectivity index (χ0n) is 23.1. The van der Waals surface area contributed by atoms with Gasteiger partial charge in [-0.2, -0.15) is 0 Å². The first-order valence-electron chi connectivity index (χ1n) is 13.9. The Labute approximate surface area is 231 Å². The Morgan fingerprint density at radius 1 is 0.410 bits per heavy atom. The molecule has 0 unspecified atom stereocenters. The molecule has 0 atom stereocenters. The fourth-order valence-corrected chi connectivity index (χ4v) is 6.50. The van der Waals surface area contributed by atoms with E-state index in [9.17, 15) is 0 Å². The number of nitrogens with zero attached hydrogens (tertiary/aromatic N) is 1. The number of hydrogen-bond acceptors (Lipinski definition) is 1. The van der Waals surface area contributed by atoms with Gasteiger partial charge in [-0.1, -0.05) is 119 Å². The predicted octanol–water partition coefficient (Wildman–Crippen LogP) is 10.7. The second-order valence-electron chi connectivity index (χ2n) is 11.9. The van der Waals surface area contributed by atoms with Crippen LogP contribution >= 0.6 is 0 Å². The van der Waals surface area contributed by atoms with Crippen LogP contribution in [0.2, 0.25) is 0 Å². The normalized spacial score (nSPS) is 15.1. The lowest BCUT2D eigenvalue weighted by Crippen LogP contribution is -2.42. The molecule has 0 aromatic heterocycles. The summed E-state index contributed by atoms with van der Waals surface area (Å²) in [6.07, 6.45) is 0. The molecule has 1 nitrogen and oxygen atoms in total. The summed E-state index contributed by atoms with van der Waals surface area (Å²) in [5.74, 6) is 0. The Morgan fingerprint density at radius 3 is 1.69 bits per heavy atom. The lowest BCUT2D eigenvalue weighted by Gasteiger charge is -2.47. The second kappa shape index (κ2) is 8.58. The van der Waals surface area contributed by atoms with Gasteiger partial charge < -0.3 is 4.90 Å². The van der Waals surface area contributed by atoms with E-state index < -0.39 is 0 Å². The van der Waals surface area contributed by atoms with Crippen LogP contribution in [0, 0.1) is 0 Å². The lowest BCUT2D eigenvalue weighted by atomic mass is 9.56. The zero-order valence-corrected chi connectivity index (χ0v) is 23.1. The van der Waals surface area contributed by atoms with Gasteiger partial charge in [0.1, 0.15) is 0 Å². The maximum atomic E-state index is 2.46. The van der Waals surface area contributed by atoms with Gasteiger partial charge in [0, 0.05) is 17.1 Å². The molecule has 0 saturated carbocycles. The van der Waals surface area contributed by atoms with Gasteiger partial charge in [0.25, 0.3) is 0 Å². The molecule has 7 rings (SSSR count). The maximum Gasteiger partial charge on any atom is 0.0470 e. The van der Waals surface area contributed by atoms with Crippen molar-refractivity contribution in [2.24, 2.45) is 0 Å². The summed E-state index contributed by atoms with van der Waals surface area (Å²) < 4.78 is 0. The SMILES string of the molecule is CC1(C)c2cccc3ccc4cc(N(c5ccccc5)c5ccc(-c6ccccc6)cc5)cc(c4c23)C1(C)C. The fourth-order valence-electron chi connectivity index (χ4n) is 6.50. The van der Waals surface area contributed by atoms with Crippen LogP contribution in [-0.2, 0) is 10.8 Å². The molecule has 0 saturated heterocycles. The molecule has 39 heavy (non-hydrogen) atoms. The van der Waals surface area contributed by atoms with Gasteiger partial charge in [-0.05, 0) is 91.0 Å². The van der Waals surface area contributed by atoms with Gasteiger partial charge in [-0.15, -0.1) is 0 Å². The molecule has 6 aromatic carbocycles. The minimum absolute atomic E-state index is 0.0126. The van der Waals surface area contributed by atoms with Crippen LogP contribution in [0.15, 0.2) is 127 Å². The van der Waals surface area contributed by atoms with Gasteiger partial charge in [0.2, 0.25) is 0 Å². The van der Waals surface area contributed by atoms with Crippen molar-refractivity contribution in [2.75, 3.05) is 4.90 Å². The highest BCUT2D eigenvalue weighted by Gasteiger charge is 2.45. The maximum absolute atomic E-state index is 2.46. The topological polar surface area (TPSA) is 3.24 Å². The first-order valence-corrected chi connectivity index (χ1v) is 13.9. The van der Waals surface area contributed by atoms with Crippen molar-refractivity contribution >= 4 is 38.6 Å². The zero-order chi connectivity index (χ0) is 26.8. The Bertz CT molecular complexity index is 1830. The molecule has 1 aliphatic carbocycles. The van der Waals surface area contributed by atoms with E-state index in [0.29, 0.717) is 0 Å². The third kappa shape index (κ3) is 3.53. The third-order valence-corrected chi connectivity index (χ3v) is 9.36. The first kappa shape index (κ1) is 23.7. The van der Waals surface area contributed by atoms with E-state index in [1.807, 2.05) is 0 Å². The Hall–Kier alpha value is -4.36. The van der Waals surface area contributed by atoms with Gasteiger partial charge in [-0.3, -0.25) is 0 Å². The monoisotopic (exact) mass is 503 g/mol. The molecule has 0 aliphatic heterocycles. The van der Waals surface area contributed by atoms with Crippen LogP contribution in [0.4, 0.5) is 17.1 Å². The quantitative estimate of drug-likeness (QED) is 0.216. The molecule has 0 fully saturated rings. The van der Waals surface area contributed by atoms with Crippen molar-refractivity contribution in [1.82, 2.24) is 0 Å².